The van der Waals surface area contributed by atoms with Gasteiger partial charge in [0.25, 0.3) is 0 Å². The van der Waals surface area contributed by atoms with E-state index in [-0.39, 0.29) is 24.7 Å². The molecule has 0 aromatic carbocycles. The van der Waals surface area contributed by atoms with Crippen LogP contribution in [-0.2, 0) is 16.8 Å². The van der Waals surface area contributed by atoms with E-state index >= 15 is 0 Å². The average molecular weight is 318 g/mol. The number of nitrogens with zero attached hydrogens (tertiary/aromatic N) is 2. The van der Waals surface area contributed by atoms with Crippen LogP contribution in [-0.4, -0.2) is 50.8 Å². The minimum absolute atomic E-state index is 0. The molecule has 17 heavy (non-hydrogen) atoms. The summed E-state index contributed by atoms with van der Waals surface area (Å²) in [4.78, 5) is 5.41. The van der Waals surface area contributed by atoms with Gasteiger partial charge < -0.3 is 4.90 Å². The quantitative estimate of drug-likeness (QED) is 0.336. The van der Waals surface area contributed by atoms with E-state index in [0.29, 0.717) is 0 Å². The van der Waals surface area contributed by atoms with Gasteiger partial charge in [-0.15, -0.1) is 0 Å². The smallest absolute Gasteiger partial charge is 0.333 e. The van der Waals surface area contributed by atoms with Gasteiger partial charge in [0.2, 0.25) is 0 Å². The van der Waals surface area contributed by atoms with Crippen molar-refractivity contribution < 1.29 is 16.8 Å². The Hall–Kier alpha value is -0.0235. The van der Waals surface area contributed by atoms with Crippen molar-refractivity contribution in [1.29, 1.82) is 0 Å². The minimum Gasteiger partial charge on any atom is -0.333 e. The monoisotopic (exact) mass is 318 g/mol. The molecule has 1 rings (SSSR count). The maximum atomic E-state index is 4.55. The molecule has 1 aliphatic carbocycles. The molecule has 0 aromatic heterocycles. The fourth-order valence-electron chi connectivity index (χ4n) is 0.602. The SMILES string of the molecule is C1=CCC=C1.CN=CN(C)C=S.C[PH+](C)C.[Co+2]. The van der Waals surface area contributed by atoms with E-state index in [1.165, 1.54) is 5.49 Å². The number of allylic oxidation sites excluding steroid dienone is 4. The predicted octanol–water partition coefficient (Wildman–Crippen LogP) is 3.12. The van der Waals surface area contributed by atoms with Gasteiger partial charge in [-0.25, -0.2) is 0 Å². The molecular weight excluding hydrogens is 294 g/mol. The summed E-state index contributed by atoms with van der Waals surface area (Å²) < 4.78 is 0. The second-order valence-electron chi connectivity index (χ2n) is 3.74. The maximum absolute atomic E-state index is 4.55. The Balaban J connectivity index is -0.000000175. The van der Waals surface area contributed by atoms with Gasteiger partial charge in [-0.2, -0.15) is 0 Å². The number of aliphatic imine (C=N–C) groups is 1. The Morgan fingerprint density at radius 1 is 1.24 bits per heavy atom. The van der Waals surface area contributed by atoms with E-state index in [0.717, 1.165) is 6.42 Å². The summed E-state index contributed by atoms with van der Waals surface area (Å²) in [5, 5.41) is 0. The zero-order valence-corrected chi connectivity index (χ0v) is 14.2. The van der Waals surface area contributed by atoms with Crippen molar-refractivity contribution >= 4 is 32.0 Å². The second kappa shape index (κ2) is 18.3. The molecule has 5 heteroatoms. The van der Waals surface area contributed by atoms with Gasteiger partial charge in [-0.1, -0.05) is 36.5 Å². The van der Waals surface area contributed by atoms with Crippen LogP contribution >= 0.6 is 20.1 Å². The van der Waals surface area contributed by atoms with E-state index in [4.69, 9.17) is 0 Å². The van der Waals surface area contributed by atoms with Crippen molar-refractivity contribution in [3.8, 4) is 0 Å². The summed E-state index contributed by atoms with van der Waals surface area (Å²) in [5.41, 5.74) is 1.52. The number of rotatable bonds is 2. The first-order chi connectivity index (χ1) is 7.54. The molecular formula is C12H24CoN2PS+3. The van der Waals surface area contributed by atoms with Crippen molar-refractivity contribution in [2.45, 2.75) is 6.42 Å². The summed E-state index contributed by atoms with van der Waals surface area (Å²) in [5.74, 6) is 0. The Morgan fingerprint density at radius 3 is 1.76 bits per heavy atom. The molecule has 0 atom stereocenters. The third kappa shape index (κ3) is 31.4. The van der Waals surface area contributed by atoms with E-state index in [2.05, 4.69) is 61.5 Å². The van der Waals surface area contributed by atoms with E-state index < -0.39 is 0 Å². The standard InChI is InChI=1S/C5H6.C4H8N2S.C3H9P.Co/c1-2-4-5-3-1;1-5-3-6(2)4-7;1-4(2)3;/h1-4H,5H2;3-4H,1-2H3;1-3H3;/q;;;+2/p+1. The fourth-order valence-corrected chi connectivity index (χ4v) is 0.657. The molecule has 0 amide bonds. The molecule has 0 unspecified atom stereocenters. The van der Waals surface area contributed by atoms with Gasteiger partial charge in [0.05, 0.1) is 11.8 Å². The van der Waals surface area contributed by atoms with Crippen molar-refractivity contribution in [3.05, 3.63) is 24.3 Å². The van der Waals surface area contributed by atoms with Crippen LogP contribution in [0.1, 0.15) is 6.42 Å². The molecule has 0 aliphatic heterocycles. The summed E-state index contributed by atoms with van der Waals surface area (Å²) in [6, 6.07) is 0. The first-order valence-corrected chi connectivity index (χ1v) is 8.69. The third-order valence-corrected chi connectivity index (χ3v) is 1.45. The predicted molar refractivity (Wildman–Crippen MR) is 84.8 cm³/mol. The Kier molecular flexibility index (Phi) is 23.9. The average Bonchev–Trinajstić information content (AvgIpc) is 2.75. The summed E-state index contributed by atoms with van der Waals surface area (Å²) >= 11 is 4.55. The van der Waals surface area contributed by atoms with Crippen molar-refractivity contribution in [1.82, 2.24) is 4.90 Å². The van der Waals surface area contributed by atoms with Crippen LogP contribution in [0.5, 0.6) is 0 Å². The minimum atomic E-state index is 0. The van der Waals surface area contributed by atoms with Crippen molar-refractivity contribution in [2.24, 2.45) is 4.99 Å². The molecule has 0 aromatic rings. The molecule has 1 radical (unpaired) electrons. The van der Waals surface area contributed by atoms with E-state index in [1.807, 2.05) is 7.05 Å². The van der Waals surface area contributed by atoms with E-state index in [1.54, 1.807) is 18.3 Å². The van der Waals surface area contributed by atoms with Crippen molar-refractivity contribution in [3.63, 3.8) is 0 Å². The Bertz CT molecular complexity index is 228. The summed E-state index contributed by atoms with van der Waals surface area (Å²) in [6.45, 7) is 6.81. The third-order valence-electron chi connectivity index (χ3n) is 1.12. The van der Waals surface area contributed by atoms with Gasteiger partial charge in [0, 0.05) is 34.1 Å². The van der Waals surface area contributed by atoms with Crippen LogP contribution < -0.4 is 0 Å². The first kappa shape index (κ1) is 22.2. The molecule has 0 saturated heterocycles. The van der Waals surface area contributed by atoms with Crippen LogP contribution in [0, 0.1) is 0 Å². The second-order valence-corrected chi connectivity index (χ2v) is 6.95. The Labute approximate surface area is 123 Å². The van der Waals surface area contributed by atoms with Crippen LogP contribution in [0.15, 0.2) is 29.3 Å². The first-order valence-electron chi connectivity index (χ1n) is 5.22. The topological polar surface area (TPSA) is 15.6 Å². The van der Waals surface area contributed by atoms with Gasteiger partial charge >= 0.3 is 16.8 Å². The normalized spacial score (nSPS) is 11.2. The zero-order valence-electron chi connectivity index (χ0n) is 11.3. The maximum Gasteiger partial charge on any atom is 2.00 e. The zero-order chi connectivity index (χ0) is 12.8. The van der Waals surface area contributed by atoms with Gasteiger partial charge in [0.1, 0.15) is 0 Å². The molecule has 1 aliphatic rings. The van der Waals surface area contributed by atoms with Gasteiger partial charge in [-0.05, 0) is 14.3 Å². The Morgan fingerprint density at radius 2 is 1.65 bits per heavy atom. The molecule has 0 saturated carbocycles. The number of hydrogen-bond donors (Lipinski definition) is 0. The summed E-state index contributed by atoms with van der Waals surface area (Å²) in [7, 11) is 3.66. The van der Waals surface area contributed by atoms with E-state index in [9.17, 15) is 0 Å². The summed E-state index contributed by atoms with van der Waals surface area (Å²) in [6.07, 6.45) is 11.1. The molecule has 0 fully saturated rings. The number of thiocarbonyl (C=S) groups is 1. The van der Waals surface area contributed by atoms with Gasteiger partial charge in [-0.3, -0.25) is 4.99 Å². The van der Waals surface area contributed by atoms with Crippen LogP contribution in [0.4, 0.5) is 0 Å². The van der Waals surface area contributed by atoms with Crippen LogP contribution in [0.25, 0.3) is 0 Å². The molecule has 0 heterocycles. The molecule has 99 valence electrons. The van der Waals surface area contributed by atoms with Crippen LogP contribution in [0.3, 0.4) is 0 Å². The number of hydrogen-bond acceptors (Lipinski definition) is 2. The molecule has 0 spiro atoms. The molecule has 2 nitrogen and oxygen atoms in total. The molecule has 0 N–H and O–H groups in total. The largest absolute Gasteiger partial charge is 2.00 e. The molecule has 0 bridgehead atoms. The van der Waals surface area contributed by atoms with Crippen molar-refractivity contribution in [2.75, 3.05) is 34.1 Å². The van der Waals surface area contributed by atoms with Crippen LogP contribution in [0.2, 0.25) is 0 Å². The van der Waals surface area contributed by atoms with Gasteiger partial charge in [0.15, 0.2) is 0 Å². The fraction of sp³-hybridized carbons (Fsp3) is 0.500.